The van der Waals surface area contributed by atoms with Gasteiger partial charge in [0.25, 0.3) is 5.91 Å². The molecule has 29 heavy (non-hydrogen) atoms. The van der Waals surface area contributed by atoms with Crippen LogP contribution in [0.5, 0.6) is 0 Å². The summed E-state index contributed by atoms with van der Waals surface area (Å²) in [5.74, 6) is 3.34. The van der Waals surface area contributed by atoms with E-state index in [0.717, 1.165) is 48.9 Å². The maximum atomic E-state index is 12.8. The zero-order valence-electron chi connectivity index (χ0n) is 17.5. The van der Waals surface area contributed by atoms with E-state index in [2.05, 4.69) is 29.0 Å². The number of nitrogens with one attached hydrogen (secondary N) is 1. The summed E-state index contributed by atoms with van der Waals surface area (Å²) in [7, 11) is 0. The summed E-state index contributed by atoms with van der Waals surface area (Å²) in [4.78, 5) is 20.2. The smallest absolute Gasteiger partial charge is 0.255 e. The van der Waals surface area contributed by atoms with Crippen LogP contribution in [0.3, 0.4) is 0 Å². The van der Waals surface area contributed by atoms with E-state index in [0.29, 0.717) is 17.4 Å². The molecule has 4 heterocycles. The van der Waals surface area contributed by atoms with Crippen molar-refractivity contribution in [3.63, 3.8) is 0 Å². The molecule has 2 atom stereocenters. The first-order chi connectivity index (χ1) is 14.1. The molecule has 156 valence electrons. The van der Waals surface area contributed by atoms with Crippen LogP contribution in [-0.4, -0.2) is 59.6 Å². The molecule has 2 aromatic heterocycles. The molecule has 0 bridgehead atoms. The second-order valence-electron chi connectivity index (χ2n) is 9.45. The van der Waals surface area contributed by atoms with Crippen LogP contribution in [0.2, 0.25) is 0 Å². The largest absolute Gasteiger partial charge is 0.381 e. The van der Waals surface area contributed by atoms with Crippen LogP contribution in [0.1, 0.15) is 48.7 Å². The number of fused-ring (bicyclic) bond motifs is 2. The van der Waals surface area contributed by atoms with Gasteiger partial charge in [-0.05, 0) is 54.6 Å². The van der Waals surface area contributed by atoms with Crippen molar-refractivity contribution in [2.24, 2.45) is 23.7 Å². The van der Waals surface area contributed by atoms with Crippen molar-refractivity contribution >= 4 is 11.6 Å². The summed E-state index contributed by atoms with van der Waals surface area (Å²) in [6, 6.07) is 3.80. The first-order valence-corrected chi connectivity index (χ1v) is 11.2. The summed E-state index contributed by atoms with van der Waals surface area (Å²) in [6.45, 7) is 10.5. The molecule has 3 fully saturated rings. The van der Waals surface area contributed by atoms with Gasteiger partial charge in [0.05, 0.1) is 11.3 Å². The highest BCUT2D eigenvalue weighted by molar-refractivity contribution is 5.99. The Kier molecular flexibility index (Phi) is 5.08. The molecule has 1 amide bonds. The van der Waals surface area contributed by atoms with Crippen LogP contribution in [0.25, 0.3) is 5.65 Å². The van der Waals surface area contributed by atoms with Gasteiger partial charge in [0.15, 0.2) is 0 Å². The number of carbonyl (C=O) groups is 1. The van der Waals surface area contributed by atoms with E-state index in [1.807, 2.05) is 28.9 Å². The Hall–Kier alpha value is -1.92. The van der Waals surface area contributed by atoms with Gasteiger partial charge >= 0.3 is 0 Å². The SMILES string of the molecule is CC(C)c1cn2cccc(C(=O)NCC3C4CN(CC5CCOCC5)CC34)c2n1. The van der Waals surface area contributed by atoms with Gasteiger partial charge in [-0.2, -0.15) is 0 Å². The second-order valence-corrected chi connectivity index (χ2v) is 9.45. The summed E-state index contributed by atoms with van der Waals surface area (Å²) < 4.78 is 7.44. The lowest BCUT2D eigenvalue weighted by Gasteiger charge is -2.28. The lowest BCUT2D eigenvalue weighted by molar-refractivity contribution is 0.0535. The number of hydrogen-bond donors (Lipinski definition) is 1. The lowest BCUT2D eigenvalue weighted by Crippen LogP contribution is -2.34. The van der Waals surface area contributed by atoms with Crippen LogP contribution >= 0.6 is 0 Å². The van der Waals surface area contributed by atoms with E-state index in [1.54, 1.807) is 0 Å². The van der Waals surface area contributed by atoms with Crippen LogP contribution < -0.4 is 5.32 Å². The molecule has 2 unspecified atom stereocenters. The molecule has 0 radical (unpaired) electrons. The predicted molar refractivity (Wildman–Crippen MR) is 112 cm³/mol. The monoisotopic (exact) mass is 396 g/mol. The van der Waals surface area contributed by atoms with Crippen LogP contribution in [0.4, 0.5) is 0 Å². The molecule has 6 heteroatoms. The van der Waals surface area contributed by atoms with Gasteiger partial charge in [-0.3, -0.25) is 4.79 Å². The summed E-state index contributed by atoms with van der Waals surface area (Å²) in [5, 5.41) is 3.19. The second kappa shape index (κ2) is 7.73. The predicted octanol–water partition coefficient (Wildman–Crippen LogP) is 2.79. The minimum absolute atomic E-state index is 0.000501. The van der Waals surface area contributed by atoms with Crippen molar-refractivity contribution in [2.75, 3.05) is 39.4 Å². The summed E-state index contributed by atoms with van der Waals surface area (Å²) >= 11 is 0. The van der Waals surface area contributed by atoms with Crippen molar-refractivity contribution < 1.29 is 9.53 Å². The molecule has 1 aliphatic carbocycles. The molecule has 1 N–H and O–H groups in total. The molecular formula is C23H32N4O2. The third-order valence-electron chi connectivity index (χ3n) is 7.14. The zero-order chi connectivity index (χ0) is 20.0. The highest BCUT2D eigenvalue weighted by atomic mass is 16.5. The van der Waals surface area contributed by atoms with Gasteiger partial charge in [-0.1, -0.05) is 13.8 Å². The third-order valence-corrected chi connectivity index (χ3v) is 7.14. The molecular weight excluding hydrogens is 364 g/mol. The van der Waals surface area contributed by atoms with E-state index >= 15 is 0 Å². The average molecular weight is 397 g/mol. The quantitative estimate of drug-likeness (QED) is 0.816. The first kappa shape index (κ1) is 19.1. The fraction of sp³-hybridized carbons (Fsp3) is 0.652. The fourth-order valence-corrected chi connectivity index (χ4v) is 5.28. The van der Waals surface area contributed by atoms with E-state index in [1.165, 1.54) is 32.5 Å². The Balaban J connectivity index is 1.14. The van der Waals surface area contributed by atoms with Crippen molar-refractivity contribution in [1.82, 2.24) is 19.6 Å². The molecule has 2 aliphatic heterocycles. The van der Waals surface area contributed by atoms with E-state index in [9.17, 15) is 4.79 Å². The van der Waals surface area contributed by atoms with Crippen molar-refractivity contribution in [1.29, 1.82) is 0 Å². The normalized spacial score (nSPS) is 27.5. The molecule has 1 saturated carbocycles. The summed E-state index contributed by atoms with van der Waals surface area (Å²) in [6.07, 6.45) is 6.41. The maximum absolute atomic E-state index is 12.8. The van der Waals surface area contributed by atoms with Crippen molar-refractivity contribution in [3.05, 3.63) is 35.8 Å². The van der Waals surface area contributed by atoms with Crippen molar-refractivity contribution in [2.45, 2.75) is 32.6 Å². The number of likely N-dealkylation sites (tertiary alicyclic amines) is 1. The maximum Gasteiger partial charge on any atom is 0.255 e. The van der Waals surface area contributed by atoms with Gasteiger partial charge in [-0.15, -0.1) is 0 Å². The van der Waals surface area contributed by atoms with Crippen molar-refractivity contribution in [3.8, 4) is 0 Å². The number of aromatic nitrogens is 2. The standard InChI is InChI=1S/C23H32N4O2/c1-15(2)21-14-27-7-3-4-17(22(27)25-21)23(28)24-10-18-19-12-26(13-20(18)19)11-16-5-8-29-9-6-16/h3-4,7,14-16,18-20H,5-6,8-13H2,1-2H3,(H,24,28). The Bertz CT molecular complexity index is 874. The lowest BCUT2D eigenvalue weighted by atomic mass is 9.99. The number of piperidine rings is 1. The van der Waals surface area contributed by atoms with Crippen LogP contribution in [0.15, 0.2) is 24.5 Å². The molecule has 0 aromatic carbocycles. The molecule has 2 aromatic rings. The minimum atomic E-state index is 0.000501. The molecule has 0 spiro atoms. The number of carbonyl (C=O) groups excluding carboxylic acids is 1. The number of hydrogen-bond acceptors (Lipinski definition) is 4. The number of pyridine rings is 1. The zero-order valence-corrected chi connectivity index (χ0v) is 17.5. The number of imidazole rings is 1. The Morgan fingerprint density at radius 2 is 2.03 bits per heavy atom. The highest BCUT2D eigenvalue weighted by Gasteiger charge is 2.55. The van der Waals surface area contributed by atoms with Gasteiger partial charge in [0, 0.05) is 51.8 Å². The topological polar surface area (TPSA) is 58.9 Å². The van der Waals surface area contributed by atoms with E-state index in [4.69, 9.17) is 4.74 Å². The van der Waals surface area contributed by atoms with Crippen LogP contribution in [0, 0.1) is 23.7 Å². The average Bonchev–Trinajstić information content (AvgIpc) is 3.08. The Morgan fingerprint density at radius 3 is 2.76 bits per heavy atom. The fourth-order valence-electron chi connectivity index (χ4n) is 5.28. The third kappa shape index (κ3) is 3.80. The minimum Gasteiger partial charge on any atom is -0.381 e. The number of nitrogens with zero attached hydrogens (tertiary/aromatic N) is 3. The Labute approximate surface area is 172 Å². The molecule has 6 nitrogen and oxygen atoms in total. The van der Waals surface area contributed by atoms with Gasteiger partial charge in [0.1, 0.15) is 5.65 Å². The number of amides is 1. The summed E-state index contributed by atoms with van der Waals surface area (Å²) in [5.41, 5.74) is 2.45. The molecule has 2 saturated heterocycles. The van der Waals surface area contributed by atoms with Crippen LogP contribution in [-0.2, 0) is 4.74 Å². The number of rotatable bonds is 6. The van der Waals surface area contributed by atoms with Gasteiger partial charge in [-0.25, -0.2) is 4.98 Å². The molecule has 5 rings (SSSR count). The highest BCUT2D eigenvalue weighted by Crippen LogP contribution is 2.51. The number of ether oxygens (including phenoxy) is 1. The Morgan fingerprint density at radius 1 is 1.28 bits per heavy atom. The van der Waals surface area contributed by atoms with Gasteiger partial charge in [0.2, 0.25) is 0 Å². The van der Waals surface area contributed by atoms with E-state index < -0.39 is 0 Å². The van der Waals surface area contributed by atoms with E-state index in [-0.39, 0.29) is 5.91 Å². The molecule has 3 aliphatic rings. The van der Waals surface area contributed by atoms with Gasteiger partial charge < -0.3 is 19.4 Å². The first-order valence-electron chi connectivity index (χ1n) is 11.2.